The molecule has 1 rings (SSSR count). The van der Waals surface area contributed by atoms with Crippen LogP contribution in [0.1, 0.15) is 0 Å². The van der Waals surface area contributed by atoms with Gasteiger partial charge in [0, 0.05) is 6.07 Å². The summed E-state index contributed by atoms with van der Waals surface area (Å²) in [7, 11) is -4.47. The van der Waals surface area contributed by atoms with Crippen LogP contribution in [0.25, 0.3) is 0 Å². The Labute approximate surface area is 79.7 Å². The summed E-state index contributed by atoms with van der Waals surface area (Å²) in [5.41, 5.74) is 0. The van der Waals surface area contributed by atoms with E-state index in [1.54, 1.807) is 0 Å². The van der Waals surface area contributed by atoms with E-state index in [0.717, 1.165) is 18.2 Å². The second kappa shape index (κ2) is 4.77. The van der Waals surface area contributed by atoms with Gasteiger partial charge in [-0.05, 0) is 12.1 Å². The van der Waals surface area contributed by atoms with Crippen molar-refractivity contribution < 1.29 is 28.4 Å². The van der Waals surface area contributed by atoms with E-state index < -0.39 is 20.8 Å². The summed E-state index contributed by atoms with van der Waals surface area (Å²) in [4.78, 5) is -0.706. The van der Waals surface area contributed by atoms with Gasteiger partial charge in [-0.25, -0.2) is 5.90 Å². The maximum Gasteiger partial charge on any atom is 0.298 e. The Hall–Kier alpha value is -1.35. The highest BCUT2D eigenvalue weighted by Crippen LogP contribution is 2.25. The maximum atomic E-state index is 10.5. The first kappa shape index (κ1) is 12.7. The average Bonchev–Trinajstić information content (AvgIpc) is 2.11. The normalized spacial score (nSPS) is 10.2. The summed E-state index contributed by atoms with van der Waals surface area (Å²) in [5, 5.41) is 24.2. The van der Waals surface area contributed by atoms with Crippen LogP contribution < -0.4 is 5.90 Å². The lowest BCUT2D eigenvalue weighted by Crippen LogP contribution is -1.97. The summed E-state index contributed by atoms with van der Waals surface area (Å²) < 4.78 is 29.5. The molecule has 0 spiro atoms. The Morgan fingerprint density at radius 2 is 1.64 bits per heavy atom. The topological polar surface area (TPSA) is 141 Å². The van der Waals surface area contributed by atoms with Gasteiger partial charge < -0.3 is 15.4 Å². The zero-order chi connectivity index (χ0) is 11.4. The Morgan fingerprint density at radius 1 is 1.14 bits per heavy atom. The largest absolute Gasteiger partial charge is 0.508 e. The van der Waals surface area contributed by atoms with Crippen LogP contribution in [0.4, 0.5) is 0 Å². The van der Waals surface area contributed by atoms with Crippen molar-refractivity contribution >= 4 is 10.1 Å². The fraction of sp³-hybridized carbons (Fsp3) is 0. The van der Waals surface area contributed by atoms with Gasteiger partial charge in [0.25, 0.3) is 10.1 Å². The standard InChI is InChI=1S/C6H6O5S.H3NO/c7-4-1-2-5(8)6(3-4)12(9,10)11;1-2/h1-3,7-8H,(H,9,10,11);2H,1H2. The van der Waals surface area contributed by atoms with E-state index in [1.165, 1.54) is 0 Å². The first-order chi connectivity index (χ1) is 6.41. The monoisotopic (exact) mass is 223 g/mol. The van der Waals surface area contributed by atoms with E-state index in [-0.39, 0.29) is 5.75 Å². The molecule has 0 aromatic heterocycles. The van der Waals surface area contributed by atoms with Crippen molar-refractivity contribution in [1.29, 1.82) is 0 Å². The molecule has 0 aliphatic rings. The molecule has 0 atom stereocenters. The zero-order valence-electron chi connectivity index (χ0n) is 6.82. The molecule has 0 aliphatic carbocycles. The van der Waals surface area contributed by atoms with E-state index >= 15 is 0 Å². The number of phenols is 2. The average molecular weight is 223 g/mol. The molecule has 0 amide bonds. The Morgan fingerprint density at radius 3 is 2.00 bits per heavy atom. The van der Waals surface area contributed by atoms with Gasteiger partial charge in [-0.3, -0.25) is 4.55 Å². The van der Waals surface area contributed by atoms with Crippen LogP contribution in [0.15, 0.2) is 23.1 Å². The summed E-state index contributed by atoms with van der Waals surface area (Å²) in [6.45, 7) is 0. The van der Waals surface area contributed by atoms with Crippen molar-refractivity contribution in [1.82, 2.24) is 0 Å². The fourth-order valence-corrected chi connectivity index (χ4v) is 1.31. The van der Waals surface area contributed by atoms with Gasteiger partial charge >= 0.3 is 0 Å². The summed E-state index contributed by atoms with van der Waals surface area (Å²) in [5.74, 6) is 2.55. The van der Waals surface area contributed by atoms with Crippen molar-refractivity contribution in [3.63, 3.8) is 0 Å². The summed E-state index contributed by atoms with van der Waals surface area (Å²) in [6.07, 6.45) is 0. The molecule has 0 saturated heterocycles. The molecule has 0 saturated carbocycles. The molecular formula is C6H9NO6S. The van der Waals surface area contributed by atoms with Gasteiger partial charge in [0.1, 0.15) is 16.4 Å². The molecule has 1 aromatic carbocycles. The van der Waals surface area contributed by atoms with E-state index in [9.17, 15) is 8.42 Å². The van der Waals surface area contributed by atoms with E-state index in [0.29, 0.717) is 0 Å². The molecule has 0 aliphatic heterocycles. The van der Waals surface area contributed by atoms with Crippen molar-refractivity contribution in [3.05, 3.63) is 18.2 Å². The molecule has 8 heteroatoms. The van der Waals surface area contributed by atoms with E-state index in [1.807, 2.05) is 0 Å². The SMILES string of the molecule is NO.O=S(=O)(O)c1cc(O)ccc1O. The molecule has 0 bridgehead atoms. The lowest BCUT2D eigenvalue weighted by atomic mass is 10.3. The number of phenolic OH excluding ortho intramolecular Hbond substituents is 2. The second-order valence-electron chi connectivity index (χ2n) is 2.13. The smallest absolute Gasteiger partial charge is 0.298 e. The van der Waals surface area contributed by atoms with Crippen molar-refractivity contribution in [2.24, 2.45) is 5.90 Å². The van der Waals surface area contributed by atoms with E-state index in [2.05, 4.69) is 5.90 Å². The number of nitrogens with two attached hydrogens (primary N) is 1. The van der Waals surface area contributed by atoms with Crippen LogP contribution in [-0.2, 0) is 10.1 Å². The Kier molecular flexibility index (Phi) is 4.31. The highest BCUT2D eigenvalue weighted by atomic mass is 32.2. The van der Waals surface area contributed by atoms with Crippen LogP contribution in [0.2, 0.25) is 0 Å². The van der Waals surface area contributed by atoms with Crippen LogP contribution >= 0.6 is 0 Å². The number of hydrogen-bond donors (Lipinski definition) is 5. The number of hydrogen-bond acceptors (Lipinski definition) is 6. The molecule has 0 unspecified atom stereocenters. The van der Waals surface area contributed by atoms with Gasteiger partial charge in [0.2, 0.25) is 0 Å². The number of rotatable bonds is 1. The number of aromatic hydroxyl groups is 2. The molecule has 14 heavy (non-hydrogen) atoms. The molecule has 0 fully saturated rings. The molecule has 1 aromatic rings. The van der Waals surface area contributed by atoms with Gasteiger partial charge in [-0.15, -0.1) is 0 Å². The van der Waals surface area contributed by atoms with Gasteiger partial charge in [-0.1, -0.05) is 0 Å². The summed E-state index contributed by atoms with van der Waals surface area (Å²) in [6, 6.07) is 2.83. The highest BCUT2D eigenvalue weighted by molar-refractivity contribution is 7.86. The minimum Gasteiger partial charge on any atom is -0.508 e. The Bertz CT molecular complexity index is 401. The number of benzene rings is 1. The van der Waals surface area contributed by atoms with Gasteiger partial charge in [0.05, 0.1) is 0 Å². The maximum absolute atomic E-state index is 10.5. The molecule has 80 valence electrons. The zero-order valence-corrected chi connectivity index (χ0v) is 7.64. The van der Waals surface area contributed by atoms with Crippen LogP contribution in [0.5, 0.6) is 11.5 Å². The van der Waals surface area contributed by atoms with Crippen molar-refractivity contribution in [2.45, 2.75) is 4.90 Å². The second-order valence-corrected chi connectivity index (χ2v) is 3.52. The molecule has 0 heterocycles. The molecular weight excluding hydrogens is 214 g/mol. The van der Waals surface area contributed by atoms with E-state index in [4.69, 9.17) is 20.0 Å². The minimum absolute atomic E-state index is 0.347. The highest BCUT2D eigenvalue weighted by Gasteiger charge is 2.15. The summed E-state index contributed by atoms with van der Waals surface area (Å²) >= 11 is 0. The van der Waals surface area contributed by atoms with Crippen molar-refractivity contribution in [3.8, 4) is 11.5 Å². The Balaban J connectivity index is 0.000000791. The third-order valence-corrected chi connectivity index (χ3v) is 2.10. The van der Waals surface area contributed by atoms with Crippen LogP contribution in [-0.4, -0.2) is 28.4 Å². The van der Waals surface area contributed by atoms with Crippen molar-refractivity contribution in [2.75, 3.05) is 0 Å². The third-order valence-electron chi connectivity index (χ3n) is 1.22. The first-order valence-electron chi connectivity index (χ1n) is 3.16. The molecule has 7 nitrogen and oxygen atoms in total. The predicted octanol–water partition coefficient (Wildman–Crippen LogP) is -0.321. The minimum atomic E-state index is -4.47. The van der Waals surface area contributed by atoms with Gasteiger partial charge in [0.15, 0.2) is 0 Å². The predicted molar refractivity (Wildman–Crippen MR) is 45.6 cm³/mol. The fourth-order valence-electron chi connectivity index (χ4n) is 0.709. The quantitative estimate of drug-likeness (QED) is 0.249. The first-order valence-corrected chi connectivity index (χ1v) is 4.60. The van der Waals surface area contributed by atoms with Crippen LogP contribution in [0.3, 0.4) is 0 Å². The molecule has 0 radical (unpaired) electrons. The molecule has 6 N–H and O–H groups in total. The van der Waals surface area contributed by atoms with Crippen LogP contribution in [0, 0.1) is 0 Å². The van der Waals surface area contributed by atoms with Gasteiger partial charge in [-0.2, -0.15) is 8.42 Å². The lowest BCUT2D eigenvalue weighted by molar-refractivity contribution is 0.311. The third kappa shape index (κ3) is 3.18. The lowest BCUT2D eigenvalue weighted by Gasteiger charge is -2.00.